The predicted octanol–water partition coefficient (Wildman–Crippen LogP) is 3.83. The van der Waals surface area contributed by atoms with Crippen molar-refractivity contribution >= 4 is 17.5 Å². The molecule has 0 saturated heterocycles. The van der Waals surface area contributed by atoms with E-state index >= 15 is 0 Å². The van der Waals surface area contributed by atoms with Gasteiger partial charge in [0.1, 0.15) is 5.76 Å². The van der Waals surface area contributed by atoms with Gasteiger partial charge in [0.2, 0.25) is 5.91 Å². The van der Waals surface area contributed by atoms with Crippen molar-refractivity contribution in [3.05, 3.63) is 77.7 Å². The fourth-order valence-electron chi connectivity index (χ4n) is 3.62. The molecule has 0 atom stereocenters. The quantitative estimate of drug-likeness (QED) is 0.449. The van der Waals surface area contributed by atoms with Crippen molar-refractivity contribution in [2.24, 2.45) is 0 Å². The lowest BCUT2D eigenvalue weighted by Gasteiger charge is -2.21. The molecule has 1 fully saturated rings. The van der Waals surface area contributed by atoms with E-state index in [1.807, 2.05) is 41.3 Å². The summed E-state index contributed by atoms with van der Waals surface area (Å²) in [5.41, 5.74) is 2.25. The van der Waals surface area contributed by atoms with Crippen molar-refractivity contribution in [2.45, 2.75) is 32.0 Å². The van der Waals surface area contributed by atoms with Crippen LogP contribution < -0.4 is 20.1 Å². The summed E-state index contributed by atoms with van der Waals surface area (Å²) in [4.78, 5) is 27.1. The zero-order valence-electron chi connectivity index (χ0n) is 19.4. The minimum Gasteiger partial charge on any atom is -0.493 e. The number of anilines is 1. The van der Waals surface area contributed by atoms with Crippen LogP contribution in [0.15, 0.2) is 65.3 Å². The number of nitrogens with zero attached hydrogens (tertiary/aromatic N) is 1. The Hall–Kier alpha value is -3.78. The van der Waals surface area contributed by atoms with Crippen molar-refractivity contribution < 1.29 is 23.5 Å². The number of nitrogens with one attached hydrogen (secondary N) is 2. The molecule has 2 N–H and O–H groups in total. The van der Waals surface area contributed by atoms with Crippen molar-refractivity contribution in [3.63, 3.8) is 0 Å². The molecule has 0 radical (unpaired) electrons. The molecule has 0 spiro atoms. The Morgan fingerprint density at radius 3 is 2.41 bits per heavy atom. The summed E-state index contributed by atoms with van der Waals surface area (Å²) in [5.74, 6) is 1.68. The second-order valence-corrected chi connectivity index (χ2v) is 8.29. The highest BCUT2D eigenvalue weighted by atomic mass is 16.5. The molecule has 2 aromatic carbocycles. The molecular formula is C26H29N3O5. The van der Waals surface area contributed by atoms with E-state index in [1.165, 1.54) is 0 Å². The molecule has 1 heterocycles. The van der Waals surface area contributed by atoms with E-state index in [4.69, 9.17) is 13.9 Å². The van der Waals surface area contributed by atoms with Gasteiger partial charge in [-0.2, -0.15) is 0 Å². The molecule has 8 heteroatoms. The summed E-state index contributed by atoms with van der Waals surface area (Å²) in [6.07, 6.45) is 3.72. The smallest absolute Gasteiger partial charge is 0.251 e. The van der Waals surface area contributed by atoms with Gasteiger partial charge in [0.25, 0.3) is 5.91 Å². The van der Waals surface area contributed by atoms with E-state index < -0.39 is 0 Å². The van der Waals surface area contributed by atoms with Crippen LogP contribution in [0.2, 0.25) is 0 Å². The normalized spacial score (nSPS) is 12.9. The summed E-state index contributed by atoms with van der Waals surface area (Å²) >= 11 is 0. The average molecular weight is 464 g/mol. The first kappa shape index (κ1) is 23.4. The molecule has 1 aliphatic carbocycles. The Bertz CT molecular complexity index is 1110. The molecule has 178 valence electrons. The number of hydrogen-bond donors (Lipinski definition) is 2. The third-order valence-corrected chi connectivity index (χ3v) is 5.53. The second-order valence-electron chi connectivity index (χ2n) is 8.29. The summed E-state index contributed by atoms with van der Waals surface area (Å²) in [5, 5.41) is 5.91. The lowest BCUT2D eigenvalue weighted by atomic mass is 10.1. The van der Waals surface area contributed by atoms with Gasteiger partial charge in [-0.1, -0.05) is 12.1 Å². The minimum atomic E-state index is -0.167. The molecule has 34 heavy (non-hydrogen) atoms. The van der Waals surface area contributed by atoms with Gasteiger partial charge in [-0.25, -0.2) is 0 Å². The molecule has 0 unspecified atom stereocenters. The molecule has 4 rings (SSSR count). The van der Waals surface area contributed by atoms with Gasteiger partial charge < -0.3 is 24.5 Å². The topological polar surface area (TPSA) is 93.0 Å². The molecule has 1 aliphatic rings. The van der Waals surface area contributed by atoms with Gasteiger partial charge in [0.05, 0.1) is 33.6 Å². The summed E-state index contributed by atoms with van der Waals surface area (Å²) in [7, 11) is 3.12. The maximum atomic E-state index is 12.8. The van der Waals surface area contributed by atoms with Crippen LogP contribution in [0.25, 0.3) is 0 Å². The van der Waals surface area contributed by atoms with Gasteiger partial charge in [-0.05, 0) is 54.8 Å². The Morgan fingerprint density at radius 2 is 1.76 bits per heavy atom. The fourth-order valence-corrected chi connectivity index (χ4v) is 3.62. The molecule has 1 aromatic heterocycles. The van der Waals surface area contributed by atoms with Crippen LogP contribution in [0.4, 0.5) is 5.69 Å². The lowest BCUT2D eigenvalue weighted by Crippen LogP contribution is -2.32. The third kappa shape index (κ3) is 6.39. The first-order valence-electron chi connectivity index (χ1n) is 11.2. The third-order valence-electron chi connectivity index (χ3n) is 5.53. The maximum Gasteiger partial charge on any atom is 0.251 e. The summed E-state index contributed by atoms with van der Waals surface area (Å²) in [6, 6.07) is 16.7. The van der Waals surface area contributed by atoms with E-state index in [2.05, 4.69) is 10.6 Å². The second kappa shape index (κ2) is 10.9. The molecular weight excluding hydrogens is 434 g/mol. The number of carbonyl (C=O) groups is 2. The first-order valence-corrected chi connectivity index (χ1v) is 11.2. The highest BCUT2D eigenvalue weighted by Crippen LogP contribution is 2.29. The van der Waals surface area contributed by atoms with Gasteiger partial charge in [0, 0.05) is 29.9 Å². The zero-order chi connectivity index (χ0) is 23.9. The maximum absolute atomic E-state index is 12.8. The standard InChI is InChI=1S/C26H29N3O5/c1-32-23-12-11-21(14-24(23)33-2)27-25(30)17-29(16-22-4-3-13-34-22)15-18-5-7-19(8-6-18)26(31)28-20-9-10-20/h3-8,11-14,20H,9-10,15-17H2,1-2H3,(H,27,30)(H,28,31). The Labute approximate surface area is 198 Å². The summed E-state index contributed by atoms with van der Waals surface area (Å²) in [6.45, 7) is 1.14. The summed E-state index contributed by atoms with van der Waals surface area (Å²) < 4.78 is 16.1. The van der Waals surface area contributed by atoms with Gasteiger partial charge in [0.15, 0.2) is 11.5 Å². The van der Waals surface area contributed by atoms with Crippen molar-refractivity contribution in [3.8, 4) is 11.5 Å². The number of carbonyl (C=O) groups excluding carboxylic acids is 2. The predicted molar refractivity (Wildman–Crippen MR) is 128 cm³/mol. The Morgan fingerprint density at radius 1 is 1.00 bits per heavy atom. The molecule has 2 amide bonds. The number of furan rings is 1. The number of hydrogen-bond acceptors (Lipinski definition) is 6. The van der Waals surface area contributed by atoms with E-state index in [9.17, 15) is 9.59 Å². The molecule has 3 aromatic rings. The number of rotatable bonds is 11. The number of benzene rings is 2. The van der Waals surface area contributed by atoms with Crippen LogP contribution in [0.5, 0.6) is 11.5 Å². The SMILES string of the molecule is COc1ccc(NC(=O)CN(Cc2ccc(C(=O)NC3CC3)cc2)Cc2ccco2)cc1OC. The van der Waals surface area contributed by atoms with E-state index in [0.717, 1.165) is 24.2 Å². The van der Waals surface area contributed by atoms with Crippen molar-refractivity contribution in [1.82, 2.24) is 10.2 Å². The van der Waals surface area contributed by atoms with Crippen LogP contribution in [0.3, 0.4) is 0 Å². The number of methoxy groups -OCH3 is 2. The lowest BCUT2D eigenvalue weighted by molar-refractivity contribution is -0.117. The van der Waals surface area contributed by atoms with Crippen molar-refractivity contribution in [2.75, 3.05) is 26.1 Å². The zero-order valence-corrected chi connectivity index (χ0v) is 19.4. The van der Waals surface area contributed by atoms with Crippen LogP contribution >= 0.6 is 0 Å². The van der Waals surface area contributed by atoms with Gasteiger partial charge in [-0.15, -0.1) is 0 Å². The van der Waals surface area contributed by atoms with E-state index in [-0.39, 0.29) is 18.4 Å². The van der Waals surface area contributed by atoms with Crippen LogP contribution in [0, 0.1) is 0 Å². The fraction of sp³-hybridized carbons (Fsp3) is 0.308. The largest absolute Gasteiger partial charge is 0.493 e. The molecule has 0 aliphatic heterocycles. The number of amides is 2. The highest BCUT2D eigenvalue weighted by molar-refractivity contribution is 5.94. The van der Waals surface area contributed by atoms with E-state index in [0.29, 0.717) is 41.9 Å². The highest BCUT2D eigenvalue weighted by Gasteiger charge is 2.23. The Balaban J connectivity index is 1.41. The first-order chi connectivity index (χ1) is 16.5. The monoisotopic (exact) mass is 463 g/mol. The molecule has 1 saturated carbocycles. The Kier molecular flexibility index (Phi) is 7.49. The van der Waals surface area contributed by atoms with E-state index in [1.54, 1.807) is 38.7 Å². The number of ether oxygens (including phenoxy) is 2. The average Bonchev–Trinajstić information content (AvgIpc) is 3.50. The van der Waals surface area contributed by atoms with Crippen LogP contribution in [-0.2, 0) is 17.9 Å². The molecule has 8 nitrogen and oxygen atoms in total. The van der Waals surface area contributed by atoms with Crippen molar-refractivity contribution in [1.29, 1.82) is 0 Å². The molecule has 0 bridgehead atoms. The van der Waals surface area contributed by atoms with Crippen LogP contribution in [-0.4, -0.2) is 43.5 Å². The van der Waals surface area contributed by atoms with Gasteiger partial charge in [-0.3, -0.25) is 14.5 Å². The minimum absolute atomic E-state index is 0.0456. The van der Waals surface area contributed by atoms with Gasteiger partial charge >= 0.3 is 0 Å². The van der Waals surface area contributed by atoms with Crippen LogP contribution in [0.1, 0.15) is 34.5 Å².